The third-order valence-corrected chi connectivity index (χ3v) is 20.8. The normalized spacial score (nSPS) is 13.0. The maximum absolute atomic E-state index is 12.7. The second-order valence-corrected chi connectivity index (χ2v) is 29.7. The van der Waals surface area contributed by atoms with Gasteiger partial charge in [0.15, 0.2) is 0 Å². The van der Waals surface area contributed by atoms with E-state index in [1.54, 1.807) is 166 Å². The quantitative estimate of drug-likeness (QED) is 0.0158. The average molecular weight is 1700 g/mol. The summed E-state index contributed by atoms with van der Waals surface area (Å²) in [5.74, 6) is 1.000. The zero-order chi connectivity index (χ0) is 85.4. The van der Waals surface area contributed by atoms with Crippen LogP contribution in [0.15, 0.2) is 282 Å². The van der Waals surface area contributed by atoms with Crippen molar-refractivity contribution in [2.45, 2.75) is 44.6 Å². The molecular formula is C94H93Cl4N17O6. The molecule has 23 nitrogen and oxygen atoms in total. The second-order valence-electron chi connectivity index (χ2n) is 28.1. The number of nitrogens with zero attached hydrogens (tertiary/aromatic N) is 9. The lowest BCUT2D eigenvalue weighted by molar-refractivity contribution is 0.101. The van der Waals surface area contributed by atoms with Crippen LogP contribution in [-0.2, 0) is 9.47 Å². The molecule has 27 heteroatoms. The number of carbonyl (C=O) groups is 4. The van der Waals surface area contributed by atoms with Gasteiger partial charge in [0.2, 0.25) is 0 Å². The molecule has 0 bridgehead atoms. The fourth-order valence-corrected chi connectivity index (χ4v) is 13.7. The Morgan fingerprint density at radius 2 is 0.702 bits per heavy atom. The molecule has 5 heterocycles. The van der Waals surface area contributed by atoms with E-state index in [0.29, 0.717) is 121 Å². The molecule has 0 unspecified atom stereocenters. The molecule has 14 rings (SSSR count). The zero-order valence-corrected chi connectivity index (χ0v) is 70.1. The van der Waals surface area contributed by atoms with Crippen LogP contribution >= 0.6 is 46.4 Å². The number of carbonyl (C=O) groups excluding carboxylic acids is 4. The van der Waals surface area contributed by atoms with Crippen molar-refractivity contribution < 1.29 is 28.7 Å². The van der Waals surface area contributed by atoms with E-state index < -0.39 is 0 Å². The van der Waals surface area contributed by atoms with E-state index in [-0.39, 0.29) is 23.6 Å². The number of halogens is 4. The first-order valence-electron chi connectivity index (χ1n) is 39.2. The SMILES string of the molecule is CN1CCN(C(=N)c2ccc(C(=O)Nc3ccc(Cl)c(-c4ccccn4)c3)cc2)CC1.COCCCN=C(N)c1ccc(C(=O)Nc2ccc(Cl)c(-c3ccccn3)c2)cc1.COCCN=C(N)c1ccc(C(=O)Nc2ccc(Cl)c(-c3ccccn3)c2)cc1.NC(=NC1CCCCC1)c1ccc(C(=O)Nc2ccc(Cl)c(-c3ccccn3)c2)cc1. The van der Waals surface area contributed by atoms with E-state index in [0.717, 1.165) is 113 Å². The van der Waals surface area contributed by atoms with E-state index in [1.807, 2.05) is 115 Å². The summed E-state index contributed by atoms with van der Waals surface area (Å²) in [6, 6.07) is 72.4. The predicted molar refractivity (Wildman–Crippen MR) is 489 cm³/mol. The van der Waals surface area contributed by atoms with Crippen molar-refractivity contribution in [2.75, 3.05) is 95.0 Å². The van der Waals surface area contributed by atoms with Crippen LogP contribution in [0.2, 0.25) is 20.1 Å². The van der Waals surface area contributed by atoms with Gasteiger partial charge < -0.3 is 57.7 Å². The van der Waals surface area contributed by atoms with Gasteiger partial charge in [-0.2, -0.15) is 0 Å². The minimum Gasteiger partial charge on any atom is -0.385 e. The standard InChI is InChI=1S/C25H25ClN4O.C24H24ClN5O.C23H23ClN4O2.C22H21ClN4O2/c26-22-14-13-20(16-21(22)23-8-4-5-15-28-23)30-25(31)18-11-9-17(10-12-18)24(27)29-19-6-2-1-3-7-19;1-29-12-14-30(15-13-29)23(26)17-5-7-18(8-6-17)24(31)28-19-9-10-21(25)20(16-19)22-4-2-3-11-27-22;1-30-14-4-13-27-22(25)16-6-8-17(9-7-16)23(29)28-18-10-11-20(24)19(15-18)21-5-2-3-12-26-21;1-29-13-12-26-21(24)15-5-7-16(8-6-15)22(28)27-17-9-10-19(23)18(14-17)20-4-2-3-11-25-20/h4-5,8-16,19H,1-3,6-7H2,(H2,27,29)(H,30,31);2-11,16,26H,12-15H2,1H3,(H,28,31);2-3,5-12,15H,4,13-14H2,1H3,(H2,25,27)(H,28,29);2-11,14H,12-13H2,1H3,(H2,24,26)(H,27,28). The van der Waals surface area contributed by atoms with Gasteiger partial charge in [0.25, 0.3) is 23.6 Å². The summed E-state index contributed by atoms with van der Waals surface area (Å²) in [6.07, 6.45) is 13.5. The van der Waals surface area contributed by atoms with Gasteiger partial charge in [-0.15, -0.1) is 0 Å². The Labute approximate surface area is 724 Å². The molecule has 121 heavy (non-hydrogen) atoms. The summed E-state index contributed by atoms with van der Waals surface area (Å²) in [5, 5.41) is 22.4. The first-order valence-corrected chi connectivity index (χ1v) is 40.7. The number of nitrogens with two attached hydrogens (primary N) is 3. The van der Waals surface area contributed by atoms with Crippen LogP contribution in [0.25, 0.3) is 45.0 Å². The molecule has 0 atom stereocenters. The second kappa shape index (κ2) is 45.4. The highest BCUT2D eigenvalue weighted by atomic mass is 35.5. The number of rotatable bonds is 24. The Bertz CT molecular complexity index is 5550. The monoisotopic (exact) mass is 1700 g/mol. The first-order chi connectivity index (χ1) is 58.8. The van der Waals surface area contributed by atoms with E-state index in [2.05, 4.69) is 73.0 Å². The molecule has 1 aliphatic heterocycles. The molecule has 0 radical (unpaired) electrons. The van der Waals surface area contributed by atoms with Gasteiger partial charge in [0.05, 0.1) is 62.1 Å². The van der Waals surface area contributed by atoms with E-state index in [9.17, 15) is 19.2 Å². The van der Waals surface area contributed by atoms with Gasteiger partial charge >= 0.3 is 0 Å². The number of likely N-dealkylation sites (N-methyl/N-ethyl adjacent to an activating group) is 1. The Morgan fingerprint density at radius 3 is 1.02 bits per heavy atom. The van der Waals surface area contributed by atoms with E-state index >= 15 is 0 Å². The van der Waals surface area contributed by atoms with Crippen LogP contribution in [0.1, 0.15) is 102 Å². The molecule has 12 aromatic rings. The molecule has 1 saturated heterocycles. The van der Waals surface area contributed by atoms with Crippen molar-refractivity contribution in [3.8, 4) is 45.0 Å². The number of aromatic nitrogens is 4. The number of piperazine rings is 1. The lowest BCUT2D eigenvalue weighted by Gasteiger charge is -2.34. The average Bonchev–Trinajstić information content (AvgIpc) is 0.784. The van der Waals surface area contributed by atoms with Crippen LogP contribution in [0.4, 0.5) is 22.7 Å². The molecule has 11 N–H and O–H groups in total. The number of amidine groups is 4. The molecule has 4 amide bonds. The number of methoxy groups -OCH3 is 2. The van der Waals surface area contributed by atoms with Crippen LogP contribution in [0, 0.1) is 5.41 Å². The van der Waals surface area contributed by atoms with Gasteiger partial charge in [0.1, 0.15) is 23.3 Å². The van der Waals surface area contributed by atoms with Crippen molar-refractivity contribution in [1.29, 1.82) is 5.41 Å². The lowest BCUT2D eigenvalue weighted by Crippen LogP contribution is -2.47. The summed E-state index contributed by atoms with van der Waals surface area (Å²) in [5.41, 5.74) is 32.0. The highest BCUT2D eigenvalue weighted by Crippen LogP contribution is 2.34. The fraction of sp³-hybridized carbons (Fsp3) is 0.191. The van der Waals surface area contributed by atoms with Crippen LogP contribution in [0.3, 0.4) is 0 Å². The predicted octanol–water partition coefficient (Wildman–Crippen LogP) is 18.3. The lowest BCUT2D eigenvalue weighted by atomic mass is 9.96. The van der Waals surface area contributed by atoms with Crippen LogP contribution in [-0.4, -0.2) is 156 Å². The van der Waals surface area contributed by atoms with Gasteiger partial charge in [-0.05, 0) is 196 Å². The van der Waals surface area contributed by atoms with Gasteiger partial charge in [-0.1, -0.05) is 138 Å². The van der Waals surface area contributed by atoms with Gasteiger partial charge in [-0.3, -0.25) is 59.5 Å². The maximum Gasteiger partial charge on any atom is 0.255 e. The Balaban J connectivity index is 0.000000158. The number of anilines is 4. The van der Waals surface area contributed by atoms with Crippen molar-refractivity contribution >= 4 is 116 Å². The zero-order valence-electron chi connectivity index (χ0n) is 67.1. The number of pyridine rings is 4. The van der Waals surface area contributed by atoms with Crippen molar-refractivity contribution in [2.24, 2.45) is 32.2 Å². The molecule has 2 aliphatic rings. The smallest absolute Gasteiger partial charge is 0.255 e. The molecule has 0 spiro atoms. The van der Waals surface area contributed by atoms with Crippen molar-refractivity contribution in [3.05, 3.63) is 332 Å². The molecule has 1 saturated carbocycles. The number of aliphatic imine (C=N–C) groups is 3. The Hall–Kier alpha value is -12.8. The number of ether oxygens (including phenoxy) is 2. The summed E-state index contributed by atoms with van der Waals surface area (Å²) in [4.78, 5) is 85.5. The molecule has 1 aliphatic carbocycles. The summed E-state index contributed by atoms with van der Waals surface area (Å²) < 4.78 is 9.95. The van der Waals surface area contributed by atoms with E-state index in [4.69, 9.17) is 78.5 Å². The highest BCUT2D eigenvalue weighted by Gasteiger charge is 2.21. The van der Waals surface area contributed by atoms with E-state index in [1.165, 1.54) is 19.3 Å². The van der Waals surface area contributed by atoms with Gasteiger partial charge in [-0.25, -0.2) is 0 Å². The Morgan fingerprint density at radius 1 is 0.397 bits per heavy atom. The number of amides is 4. The molecule has 618 valence electrons. The Kier molecular flexibility index (Phi) is 33.4. The fourth-order valence-electron chi connectivity index (χ4n) is 12.8. The maximum atomic E-state index is 12.7. The molecule has 8 aromatic carbocycles. The number of hydrogen-bond donors (Lipinski definition) is 8. The topological polar surface area (TPSA) is 332 Å². The first kappa shape index (κ1) is 89.0. The highest BCUT2D eigenvalue weighted by molar-refractivity contribution is 6.35. The van der Waals surface area contributed by atoms with Gasteiger partial charge in [0, 0.05) is 168 Å². The largest absolute Gasteiger partial charge is 0.385 e. The number of nitrogens with one attached hydrogen (secondary N) is 5. The van der Waals surface area contributed by atoms with Crippen LogP contribution in [0.5, 0.6) is 0 Å². The summed E-state index contributed by atoms with van der Waals surface area (Å²) >= 11 is 25.2. The molecule has 4 aromatic heterocycles. The van der Waals surface area contributed by atoms with Crippen LogP contribution < -0.4 is 38.5 Å². The third kappa shape index (κ3) is 26.3. The number of benzene rings is 8. The minimum absolute atomic E-state index is 0.205. The van der Waals surface area contributed by atoms with Crippen molar-refractivity contribution in [1.82, 2.24) is 29.7 Å². The molecule has 2 fully saturated rings. The molecular weight excluding hydrogens is 1600 g/mol. The third-order valence-electron chi connectivity index (χ3n) is 19.5. The summed E-state index contributed by atoms with van der Waals surface area (Å²) in [7, 11) is 5.35. The number of hydrogen-bond acceptors (Lipinski definition) is 15. The summed E-state index contributed by atoms with van der Waals surface area (Å²) in [6.45, 7) is 5.80. The van der Waals surface area contributed by atoms with Crippen molar-refractivity contribution in [3.63, 3.8) is 0 Å². The minimum atomic E-state index is -0.235.